The van der Waals surface area contributed by atoms with Crippen molar-refractivity contribution < 1.29 is 4.39 Å². The van der Waals surface area contributed by atoms with Crippen LogP contribution in [0.2, 0.25) is 0 Å². The molecule has 1 heterocycles. The van der Waals surface area contributed by atoms with Crippen molar-refractivity contribution in [2.75, 3.05) is 5.75 Å². The Bertz CT molecular complexity index is 339. The fourth-order valence-electron chi connectivity index (χ4n) is 1.88. The zero-order valence-electron chi connectivity index (χ0n) is 8.38. The van der Waals surface area contributed by atoms with Crippen molar-refractivity contribution in [2.45, 2.75) is 30.7 Å². The maximum Gasteiger partial charge on any atom is 0.156 e. The Morgan fingerprint density at radius 1 is 1.47 bits per heavy atom. The van der Waals surface area contributed by atoms with Crippen LogP contribution in [0.4, 0.5) is 4.39 Å². The third-order valence-corrected chi connectivity index (χ3v) is 4.35. The van der Waals surface area contributed by atoms with Crippen molar-refractivity contribution in [3.63, 3.8) is 0 Å². The Balaban J connectivity index is 1.92. The number of hydrogen-bond acceptors (Lipinski definition) is 2. The van der Waals surface area contributed by atoms with Crippen LogP contribution < -0.4 is 0 Å². The number of pyridine rings is 1. The van der Waals surface area contributed by atoms with Gasteiger partial charge in [-0.05, 0) is 40.8 Å². The average Bonchev–Trinajstić information content (AvgIpc) is 2.69. The fourth-order valence-corrected chi connectivity index (χ4v) is 3.24. The van der Waals surface area contributed by atoms with Crippen LogP contribution in [-0.2, 0) is 0 Å². The second-order valence-corrected chi connectivity index (χ2v) is 5.83. The zero-order chi connectivity index (χ0) is 10.7. The smallest absolute Gasteiger partial charge is 0.156 e. The zero-order valence-corrected chi connectivity index (χ0v) is 10.8. The molecule has 1 fully saturated rings. The second-order valence-electron chi connectivity index (χ2n) is 3.90. The van der Waals surface area contributed by atoms with Crippen molar-refractivity contribution in [2.24, 2.45) is 5.92 Å². The monoisotopic (exact) mass is 289 g/mol. The van der Waals surface area contributed by atoms with Gasteiger partial charge in [0.2, 0.25) is 0 Å². The van der Waals surface area contributed by atoms with Gasteiger partial charge in [-0.1, -0.05) is 12.8 Å². The Kier molecular flexibility index (Phi) is 4.03. The molecular weight excluding hydrogens is 277 g/mol. The molecule has 0 unspecified atom stereocenters. The summed E-state index contributed by atoms with van der Waals surface area (Å²) in [6.45, 7) is 0. The highest BCUT2D eigenvalue weighted by molar-refractivity contribution is 9.10. The van der Waals surface area contributed by atoms with Gasteiger partial charge in [0.1, 0.15) is 5.03 Å². The lowest BCUT2D eigenvalue weighted by Gasteiger charge is -2.07. The van der Waals surface area contributed by atoms with Gasteiger partial charge in [-0.25, -0.2) is 9.37 Å². The van der Waals surface area contributed by atoms with Crippen molar-refractivity contribution >= 4 is 27.7 Å². The normalized spacial score (nSPS) is 17.2. The highest BCUT2D eigenvalue weighted by atomic mass is 79.9. The van der Waals surface area contributed by atoms with Crippen LogP contribution in [0.15, 0.2) is 21.8 Å². The Hall–Kier alpha value is -0.0900. The summed E-state index contributed by atoms with van der Waals surface area (Å²) < 4.78 is 14.1. The van der Waals surface area contributed by atoms with E-state index in [1.54, 1.807) is 18.0 Å². The van der Waals surface area contributed by atoms with Gasteiger partial charge in [0.25, 0.3) is 0 Å². The molecule has 82 valence electrons. The van der Waals surface area contributed by atoms with E-state index < -0.39 is 0 Å². The minimum Gasteiger partial charge on any atom is -0.246 e. The SMILES string of the molecule is Fc1cc(Br)cnc1SCC1CCCC1. The van der Waals surface area contributed by atoms with Crippen LogP contribution in [0.25, 0.3) is 0 Å². The average molecular weight is 290 g/mol. The van der Waals surface area contributed by atoms with Crippen LogP contribution >= 0.6 is 27.7 Å². The molecule has 1 aromatic heterocycles. The summed E-state index contributed by atoms with van der Waals surface area (Å²) in [6.07, 6.45) is 6.92. The molecule has 0 aliphatic heterocycles. The van der Waals surface area contributed by atoms with Crippen molar-refractivity contribution in [3.8, 4) is 0 Å². The van der Waals surface area contributed by atoms with Crippen LogP contribution in [0.1, 0.15) is 25.7 Å². The van der Waals surface area contributed by atoms with Crippen LogP contribution in [0.5, 0.6) is 0 Å². The van der Waals surface area contributed by atoms with E-state index in [0.717, 1.165) is 11.7 Å². The summed E-state index contributed by atoms with van der Waals surface area (Å²) >= 11 is 4.75. The van der Waals surface area contributed by atoms with E-state index in [1.165, 1.54) is 31.7 Å². The summed E-state index contributed by atoms with van der Waals surface area (Å²) in [5, 5.41) is 0.532. The summed E-state index contributed by atoms with van der Waals surface area (Å²) in [5.41, 5.74) is 0. The van der Waals surface area contributed by atoms with Crippen LogP contribution in [-0.4, -0.2) is 10.7 Å². The predicted molar refractivity (Wildman–Crippen MR) is 64.6 cm³/mol. The van der Waals surface area contributed by atoms with Crippen molar-refractivity contribution in [1.29, 1.82) is 0 Å². The van der Waals surface area contributed by atoms with Gasteiger partial charge in [0.15, 0.2) is 5.82 Å². The molecule has 0 spiro atoms. The quantitative estimate of drug-likeness (QED) is 0.771. The molecule has 1 aliphatic carbocycles. The van der Waals surface area contributed by atoms with Gasteiger partial charge in [-0.3, -0.25) is 0 Å². The highest BCUT2D eigenvalue weighted by Gasteiger charge is 2.16. The third-order valence-electron chi connectivity index (χ3n) is 2.70. The molecule has 1 nitrogen and oxygen atoms in total. The van der Waals surface area contributed by atoms with Gasteiger partial charge in [0, 0.05) is 16.4 Å². The van der Waals surface area contributed by atoms with E-state index in [4.69, 9.17) is 0 Å². The van der Waals surface area contributed by atoms with E-state index in [0.29, 0.717) is 9.50 Å². The minimum atomic E-state index is -0.215. The second kappa shape index (κ2) is 5.30. The van der Waals surface area contributed by atoms with Crippen LogP contribution in [0.3, 0.4) is 0 Å². The molecule has 0 atom stereocenters. The number of aromatic nitrogens is 1. The molecule has 2 rings (SSSR count). The first-order chi connectivity index (χ1) is 7.25. The summed E-state index contributed by atoms with van der Waals surface area (Å²) in [7, 11) is 0. The molecule has 0 bridgehead atoms. The molecule has 1 aliphatic rings. The lowest BCUT2D eigenvalue weighted by molar-refractivity contribution is 0.583. The molecule has 0 radical (unpaired) electrons. The number of halogens is 2. The summed E-state index contributed by atoms with van der Waals surface area (Å²) in [6, 6.07) is 1.48. The van der Waals surface area contributed by atoms with Gasteiger partial charge < -0.3 is 0 Å². The molecule has 1 saturated carbocycles. The molecule has 0 N–H and O–H groups in total. The van der Waals surface area contributed by atoms with E-state index in [9.17, 15) is 4.39 Å². The standard InChI is InChI=1S/C11H13BrFNS/c12-9-5-10(13)11(14-6-9)15-7-8-3-1-2-4-8/h5-6,8H,1-4,7H2. The van der Waals surface area contributed by atoms with E-state index >= 15 is 0 Å². The Morgan fingerprint density at radius 3 is 2.87 bits per heavy atom. The maximum absolute atomic E-state index is 13.4. The molecule has 1 aromatic rings. The highest BCUT2D eigenvalue weighted by Crippen LogP contribution is 2.31. The largest absolute Gasteiger partial charge is 0.246 e. The van der Waals surface area contributed by atoms with E-state index in [-0.39, 0.29) is 5.82 Å². The molecule has 0 aromatic carbocycles. The van der Waals surface area contributed by atoms with Crippen molar-refractivity contribution in [1.82, 2.24) is 4.98 Å². The molecule has 0 saturated heterocycles. The number of thioether (sulfide) groups is 1. The van der Waals surface area contributed by atoms with Crippen LogP contribution in [0, 0.1) is 11.7 Å². The minimum absolute atomic E-state index is 0.215. The van der Waals surface area contributed by atoms with Crippen molar-refractivity contribution in [3.05, 3.63) is 22.6 Å². The first-order valence-electron chi connectivity index (χ1n) is 5.19. The summed E-state index contributed by atoms with van der Waals surface area (Å²) in [4.78, 5) is 4.08. The van der Waals surface area contributed by atoms with Gasteiger partial charge >= 0.3 is 0 Å². The summed E-state index contributed by atoms with van der Waals surface area (Å²) in [5.74, 6) is 1.55. The third kappa shape index (κ3) is 3.18. The van der Waals surface area contributed by atoms with Gasteiger partial charge in [-0.15, -0.1) is 11.8 Å². The first kappa shape index (κ1) is 11.4. The lowest BCUT2D eigenvalue weighted by atomic mass is 10.1. The fraction of sp³-hybridized carbons (Fsp3) is 0.545. The van der Waals surface area contributed by atoms with E-state index in [1.807, 2.05) is 0 Å². The molecular formula is C11H13BrFNS. The van der Waals surface area contributed by atoms with E-state index in [2.05, 4.69) is 20.9 Å². The Labute approximate surface area is 102 Å². The molecule has 15 heavy (non-hydrogen) atoms. The van der Waals surface area contributed by atoms with Gasteiger partial charge in [0.05, 0.1) is 0 Å². The maximum atomic E-state index is 13.4. The topological polar surface area (TPSA) is 12.9 Å². The first-order valence-corrected chi connectivity index (χ1v) is 6.97. The number of hydrogen-bond donors (Lipinski definition) is 0. The Morgan fingerprint density at radius 2 is 2.20 bits per heavy atom. The number of nitrogens with zero attached hydrogens (tertiary/aromatic N) is 1. The predicted octanol–water partition coefficient (Wildman–Crippen LogP) is 4.27. The van der Waals surface area contributed by atoms with Gasteiger partial charge in [-0.2, -0.15) is 0 Å². The molecule has 0 amide bonds. The molecule has 4 heteroatoms. The lowest BCUT2D eigenvalue weighted by Crippen LogP contribution is -1.98. The number of rotatable bonds is 3.